The average Bonchev–Trinajstić information content (AvgIpc) is 2.33. The first-order valence-corrected chi connectivity index (χ1v) is 6.84. The maximum absolute atomic E-state index is 13.5. The van der Waals surface area contributed by atoms with Crippen molar-refractivity contribution in [2.24, 2.45) is 0 Å². The lowest BCUT2D eigenvalue weighted by molar-refractivity contribution is 0.133. The molecule has 0 radical (unpaired) electrons. The van der Waals surface area contributed by atoms with Crippen LogP contribution in [0.5, 0.6) is 0 Å². The van der Waals surface area contributed by atoms with Crippen LogP contribution in [0, 0.1) is 12.7 Å². The minimum absolute atomic E-state index is 0.136. The van der Waals surface area contributed by atoms with E-state index < -0.39 is 0 Å². The van der Waals surface area contributed by atoms with Crippen LogP contribution < -0.4 is 5.32 Å². The van der Waals surface area contributed by atoms with Gasteiger partial charge in [-0.3, -0.25) is 0 Å². The van der Waals surface area contributed by atoms with E-state index in [1.165, 1.54) is 6.07 Å². The molecule has 1 aromatic rings. The Hall–Kier alpha value is -1.58. The van der Waals surface area contributed by atoms with Gasteiger partial charge in [-0.05, 0) is 57.7 Å². The second-order valence-electron chi connectivity index (χ2n) is 5.43. The second kappa shape index (κ2) is 5.59. The highest BCUT2D eigenvalue weighted by Gasteiger charge is 2.28. The number of rotatable bonds is 1. The number of piperidine rings is 1. The highest BCUT2D eigenvalue weighted by Crippen LogP contribution is 2.23. The van der Waals surface area contributed by atoms with Crippen LogP contribution in [-0.4, -0.2) is 23.0 Å². The van der Waals surface area contributed by atoms with E-state index in [9.17, 15) is 9.18 Å². The lowest BCUT2D eigenvalue weighted by atomic mass is 9.98. The van der Waals surface area contributed by atoms with Crippen LogP contribution in [-0.2, 0) is 0 Å². The minimum atomic E-state index is -0.294. The number of urea groups is 1. The Morgan fingerprint density at radius 3 is 2.53 bits per heavy atom. The smallest absolute Gasteiger partial charge is 0.319 e. The number of carbonyl (C=O) groups excluding carboxylic acids is 1. The van der Waals surface area contributed by atoms with Crippen molar-refractivity contribution in [3.63, 3.8) is 0 Å². The van der Waals surface area contributed by atoms with Crippen molar-refractivity contribution in [1.29, 1.82) is 0 Å². The molecule has 0 unspecified atom stereocenters. The van der Waals surface area contributed by atoms with Crippen LogP contribution in [0.2, 0.25) is 0 Å². The first-order chi connectivity index (χ1) is 8.99. The summed E-state index contributed by atoms with van der Waals surface area (Å²) in [4.78, 5) is 14.1. The number of nitrogens with one attached hydrogen (secondary N) is 1. The summed E-state index contributed by atoms with van der Waals surface area (Å²) in [6.45, 7) is 5.83. The fourth-order valence-corrected chi connectivity index (χ4v) is 2.68. The number of nitrogens with zero attached hydrogens (tertiary/aromatic N) is 1. The van der Waals surface area contributed by atoms with Gasteiger partial charge in [-0.2, -0.15) is 0 Å². The van der Waals surface area contributed by atoms with Crippen molar-refractivity contribution in [2.75, 3.05) is 5.32 Å². The number of hydrogen-bond acceptors (Lipinski definition) is 1. The summed E-state index contributed by atoms with van der Waals surface area (Å²) in [7, 11) is 0. The Labute approximate surface area is 113 Å². The Balaban J connectivity index is 2.09. The molecule has 1 aliphatic rings. The van der Waals surface area contributed by atoms with E-state index in [4.69, 9.17) is 0 Å². The number of aryl methyl sites for hydroxylation is 1. The summed E-state index contributed by atoms with van der Waals surface area (Å²) >= 11 is 0. The predicted molar refractivity (Wildman–Crippen MR) is 74.8 cm³/mol. The van der Waals surface area contributed by atoms with E-state index in [0.29, 0.717) is 11.3 Å². The van der Waals surface area contributed by atoms with Gasteiger partial charge < -0.3 is 10.2 Å². The maximum Gasteiger partial charge on any atom is 0.322 e. The number of benzene rings is 1. The fraction of sp³-hybridized carbons (Fsp3) is 0.533. The number of hydrogen-bond donors (Lipinski definition) is 1. The van der Waals surface area contributed by atoms with Gasteiger partial charge >= 0.3 is 6.03 Å². The van der Waals surface area contributed by atoms with Crippen molar-refractivity contribution < 1.29 is 9.18 Å². The highest BCUT2D eigenvalue weighted by molar-refractivity contribution is 5.89. The number of halogens is 1. The van der Waals surface area contributed by atoms with E-state index in [0.717, 1.165) is 19.3 Å². The molecular weight excluding hydrogens is 243 g/mol. The molecule has 1 heterocycles. The normalized spacial score (nSPS) is 23.3. The predicted octanol–water partition coefficient (Wildman–Crippen LogP) is 3.93. The molecule has 0 aromatic heterocycles. The molecule has 1 aliphatic heterocycles. The zero-order valence-electron chi connectivity index (χ0n) is 11.7. The number of anilines is 1. The second-order valence-corrected chi connectivity index (χ2v) is 5.43. The molecule has 1 fully saturated rings. The zero-order valence-corrected chi connectivity index (χ0v) is 11.7. The molecule has 19 heavy (non-hydrogen) atoms. The molecule has 0 aliphatic carbocycles. The van der Waals surface area contributed by atoms with Crippen molar-refractivity contribution in [2.45, 2.75) is 52.1 Å². The van der Waals surface area contributed by atoms with E-state index >= 15 is 0 Å². The van der Waals surface area contributed by atoms with Crippen LogP contribution in [0.1, 0.15) is 38.7 Å². The molecular formula is C15H21FN2O. The van der Waals surface area contributed by atoms with Crippen molar-refractivity contribution in [3.8, 4) is 0 Å². The molecule has 0 spiro atoms. The Morgan fingerprint density at radius 2 is 1.95 bits per heavy atom. The van der Waals surface area contributed by atoms with Crippen molar-refractivity contribution >= 4 is 11.7 Å². The van der Waals surface area contributed by atoms with Crippen LogP contribution in [0.3, 0.4) is 0 Å². The third kappa shape index (κ3) is 3.06. The lowest BCUT2D eigenvalue weighted by Crippen LogP contribution is -2.49. The minimum Gasteiger partial charge on any atom is -0.319 e. The van der Waals surface area contributed by atoms with E-state index in [1.807, 2.05) is 4.90 Å². The molecule has 1 N–H and O–H groups in total. The molecule has 2 amide bonds. The van der Waals surface area contributed by atoms with Gasteiger partial charge in [0.05, 0.1) is 0 Å². The van der Waals surface area contributed by atoms with Gasteiger partial charge in [0, 0.05) is 17.8 Å². The SMILES string of the molecule is Cc1ccc(NC(=O)N2[C@H](C)CCC[C@@H]2C)cc1F. The van der Waals surface area contributed by atoms with Gasteiger partial charge in [-0.15, -0.1) is 0 Å². The summed E-state index contributed by atoms with van der Waals surface area (Å²) in [6.07, 6.45) is 3.21. The first kappa shape index (κ1) is 13.8. The third-order valence-corrected chi connectivity index (χ3v) is 3.85. The van der Waals surface area contributed by atoms with Gasteiger partial charge in [0.25, 0.3) is 0 Å². The fourth-order valence-electron chi connectivity index (χ4n) is 2.68. The maximum atomic E-state index is 13.5. The summed E-state index contributed by atoms with van der Waals surface area (Å²) < 4.78 is 13.5. The standard InChI is InChI=1S/C15H21FN2O/c1-10-7-8-13(9-14(10)16)17-15(19)18-11(2)5-4-6-12(18)3/h7-9,11-12H,4-6H2,1-3H3,(H,17,19)/t11-,12+. The number of carbonyl (C=O) groups is 1. The van der Waals surface area contributed by atoms with Gasteiger partial charge in [0.1, 0.15) is 5.82 Å². The largest absolute Gasteiger partial charge is 0.322 e. The quantitative estimate of drug-likeness (QED) is 0.819. The van der Waals surface area contributed by atoms with Crippen molar-refractivity contribution in [3.05, 3.63) is 29.6 Å². The highest BCUT2D eigenvalue weighted by atomic mass is 19.1. The van der Waals surface area contributed by atoms with Gasteiger partial charge in [-0.25, -0.2) is 9.18 Å². The average molecular weight is 264 g/mol. The molecule has 2 atom stereocenters. The van der Waals surface area contributed by atoms with Gasteiger partial charge in [-0.1, -0.05) is 6.07 Å². The molecule has 3 nitrogen and oxygen atoms in total. The summed E-state index contributed by atoms with van der Waals surface area (Å²) in [6, 6.07) is 5.11. The molecule has 0 saturated carbocycles. The van der Waals surface area contributed by atoms with E-state index in [2.05, 4.69) is 19.2 Å². The summed E-state index contributed by atoms with van der Waals surface area (Å²) in [5.41, 5.74) is 1.09. The monoisotopic (exact) mass is 264 g/mol. The Bertz CT molecular complexity index is 465. The van der Waals surface area contributed by atoms with Crippen LogP contribution in [0.15, 0.2) is 18.2 Å². The Kier molecular flexibility index (Phi) is 4.08. The van der Waals surface area contributed by atoms with Crippen LogP contribution >= 0.6 is 0 Å². The molecule has 0 bridgehead atoms. The summed E-state index contributed by atoms with van der Waals surface area (Å²) in [5, 5.41) is 2.79. The molecule has 1 saturated heterocycles. The lowest BCUT2D eigenvalue weighted by Gasteiger charge is -2.38. The van der Waals surface area contributed by atoms with Crippen molar-refractivity contribution in [1.82, 2.24) is 4.90 Å². The van der Waals surface area contributed by atoms with E-state index in [1.54, 1.807) is 19.1 Å². The van der Waals surface area contributed by atoms with E-state index in [-0.39, 0.29) is 23.9 Å². The topological polar surface area (TPSA) is 32.3 Å². The molecule has 104 valence electrons. The molecule has 4 heteroatoms. The Morgan fingerprint density at radius 1 is 1.32 bits per heavy atom. The number of amides is 2. The van der Waals surface area contributed by atoms with Crippen LogP contribution in [0.25, 0.3) is 0 Å². The molecule has 1 aromatic carbocycles. The number of likely N-dealkylation sites (tertiary alicyclic amines) is 1. The third-order valence-electron chi connectivity index (χ3n) is 3.85. The molecule has 2 rings (SSSR count). The van der Waals surface area contributed by atoms with Crippen LogP contribution in [0.4, 0.5) is 14.9 Å². The first-order valence-electron chi connectivity index (χ1n) is 6.84. The zero-order chi connectivity index (χ0) is 14.0. The summed E-state index contributed by atoms with van der Waals surface area (Å²) in [5.74, 6) is -0.294. The van der Waals surface area contributed by atoms with Gasteiger partial charge in [0.15, 0.2) is 0 Å². The van der Waals surface area contributed by atoms with Gasteiger partial charge in [0.2, 0.25) is 0 Å².